The van der Waals surface area contributed by atoms with E-state index in [2.05, 4.69) is 12.1 Å². The number of alkyl halides is 3. The summed E-state index contributed by atoms with van der Waals surface area (Å²) >= 11 is 5.96. The highest BCUT2D eigenvalue weighted by Gasteiger charge is 2.42. The van der Waals surface area contributed by atoms with Crippen LogP contribution in [0.25, 0.3) is 0 Å². The highest BCUT2D eigenvalue weighted by Crippen LogP contribution is 2.41. The summed E-state index contributed by atoms with van der Waals surface area (Å²) < 4.78 is 66.5. The van der Waals surface area contributed by atoms with Gasteiger partial charge in [0.25, 0.3) is 0 Å². The summed E-state index contributed by atoms with van der Waals surface area (Å²) in [5.74, 6) is -0.818. The number of benzene rings is 3. The van der Waals surface area contributed by atoms with Gasteiger partial charge in [-0.1, -0.05) is 103 Å². The summed E-state index contributed by atoms with van der Waals surface area (Å²) in [4.78, 5) is 36.2. The predicted molar refractivity (Wildman–Crippen MR) is 306 cm³/mol. The molecule has 0 amide bonds. The SMILES string of the molecule is O=C1CC/C=C\C[C@@H]2C(/C=C/[C@H](COc3cccc(C(F)(F)F)c3)O1)[C@H](O)C[C@@H]2O.O=C1CC/C=C\C[C@@H]2C(/C=C/[C@H](COc3cccc(Cl)c3)O1)[C@H](O)C[C@@H]2O.O=C1CC/C=C\C[C@@H]2C(CC[C@H](CCc3ccccc3)O1)[C@H](O)C[C@@H]2O. The lowest BCUT2D eigenvalue weighted by Crippen LogP contribution is -2.26. The molecule has 3 aliphatic heterocycles. The van der Waals surface area contributed by atoms with E-state index in [0.717, 1.165) is 44.2 Å². The highest BCUT2D eigenvalue weighted by atomic mass is 35.5. The largest absolute Gasteiger partial charge is 0.489 e. The molecule has 452 valence electrons. The Labute approximate surface area is 489 Å². The third-order valence-corrected chi connectivity index (χ3v) is 16.5. The first-order valence-electron chi connectivity index (χ1n) is 29.1. The standard InChI is InChI=1S/C22H25F3O5.C22H30O4.C21H25ClO5/c23-22(24,25)14-5-4-6-15(11-14)29-13-16-9-10-18-17(19(26)12-20(18)27)7-2-1-3-8-21(28)30-16;23-20-15-21(24)19-14-13-17(12-11-16-7-3-1-4-8-16)26-22(25)10-6-2-5-9-18(19)20;22-14-5-4-6-15(11-14)26-13-16-9-10-18-17(19(23)12-20(18)24)7-2-1-3-8-21(25)27-16/h1-2,4-6,9-11,16-20,26-27H,3,7-8,12-13H2;1-5,7-8,17-21,23-24H,6,9-15H2;1-2,4-6,9-11,16-20,23-24H,3,7-8,12-13H2/b2-1-,10-9+;5-2-;2-1-,10-9+/t16-,17-,18?,19+,20-;17-,18+,19?,20-,21+;16-,17-,18?,19+,20-/m101/s1. The summed E-state index contributed by atoms with van der Waals surface area (Å²) in [5.41, 5.74) is 0.413. The van der Waals surface area contributed by atoms with Crippen LogP contribution in [0, 0.1) is 35.5 Å². The Hall–Kier alpha value is -5.79. The maximum Gasteiger partial charge on any atom is 0.416 e. The summed E-state index contributed by atoms with van der Waals surface area (Å²) in [5, 5.41) is 62.2. The maximum absolute atomic E-state index is 12.9. The molecule has 0 saturated heterocycles. The number of allylic oxidation sites excluding steroid dienone is 6. The molecule has 0 spiro atoms. The van der Waals surface area contributed by atoms with Crippen LogP contribution < -0.4 is 9.47 Å². The lowest BCUT2D eigenvalue weighted by atomic mass is 9.85. The Bertz CT molecular complexity index is 2660. The zero-order chi connectivity index (χ0) is 59.3. The van der Waals surface area contributed by atoms with Gasteiger partial charge in [-0.2, -0.15) is 13.2 Å². The van der Waals surface area contributed by atoms with Crippen molar-refractivity contribution in [1.82, 2.24) is 0 Å². The molecule has 3 aliphatic carbocycles. The number of aryl methyl sites for hydroxylation is 1. The van der Waals surface area contributed by atoms with E-state index in [1.54, 1.807) is 42.5 Å². The first-order valence-corrected chi connectivity index (χ1v) is 29.5. The van der Waals surface area contributed by atoms with Crippen LogP contribution in [-0.2, 0) is 41.2 Å². The van der Waals surface area contributed by atoms with Gasteiger partial charge in [0.15, 0.2) is 12.2 Å². The molecule has 83 heavy (non-hydrogen) atoms. The minimum atomic E-state index is -4.49. The lowest BCUT2D eigenvalue weighted by Gasteiger charge is -2.26. The van der Waals surface area contributed by atoms with Gasteiger partial charge in [0.05, 0.1) is 42.2 Å². The molecule has 3 unspecified atom stereocenters. The van der Waals surface area contributed by atoms with Gasteiger partial charge in [-0.3, -0.25) is 14.4 Å². The molecule has 0 bridgehead atoms. The summed E-state index contributed by atoms with van der Waals surface area (Å²) in [7, 11) is 0. The first kappa shape index (κ1) is 64.8. The van der Waals surface area contributed by atoms with Gasteiger partial charge in [-0.25, -0.2) is 0 Å². The van der Waals surface area contributed by atoms with Gasteiger partial charge < -0.3 is 54.3 Å². The van der Waals surface area contributed by atoms with Gasteiger partial charge in [-0.05, 0) is 148 Å². The highest BCUT2D eigenvalue weighted by molar-refractivity contribution is 6.30. The third kappa shape index (κ3) is 20.8. The van der Waals surface area contributed by atoms with Crippen molar-refractivity contribution in [3.8, 4) is 11.5 Å². The number of aliphatic hydroxyl groups is 6. The van der Waals surface area contributed by atoms with Crippen LogP contribution in [0.2, 0.25) is 5.02 Å². The zero-order valence-corrected chi connectivity index (χ0v) is 47.4. The van der Waals surface area contributed by atoms with E-state index >= 15 is 0 Å². The zero-order valence-electron chi connectivity index (χ0n) is 46.6. The Morgan fingerprint density at radius 3 is 1.51 bits per heavy atom. The van der Waals surface area contributed by atoms with Crippen LogP contribution in [0.1, 0.15) is 107 Å². The van der Waals surface area contributed by atoms with E-state index in [4.69, 9.17) is 35.3 Å². The fraction of sp³-hybridized carbons (Fsp3) is 0.523. The average Bonchev–Trinajstić information content (AvgIpc) is 4.05. The molecule has 3 saturated carbocycles. The predicted octanol–water partition coefficient (Wildman–Crippen LogP) is 10.3. The quantitative estimate of drug-likeness (QED) is 0.0668. The molecule has 3 aromatic carbocycles. The smallest absolute Gasteiger partial charge is 0.416 e. The number of rotatable bonds is 9. The molecule has 0 aromatic heterocycles. The minimum absolute atomic E-state index is 0.0116. The molecule has 15 atom stereocenters. The number of hydrogen-bond acceptors (Lipinski definition) is 14. The van der Waals surface area contributed by atoms with E-state index in [1.807, 2.05) is 60.7 Å². The number of halogens is 4. The Morgan fingerprint density at radius 2 is 0.976 bits per heavy atom. The van der Waals surface area contributed by atoms with Crippen molar-refractivity contribution in [3.05, 3.63) is 156 Å². The molecule has 6 aliphatic rings. The van der Waals surface area contributed by atoms with E-state index in [-0.39, 0.29) is 91.8 Å². The number of carbonyl (C=O) groups excluding carboxylic acids is 3. The number of esters is 3. The van der Waals surface area contributed by atoms with Gasteiger partial charge >= 0.3 is 24.1 Å². The number of fused-ring (bicyclic) bond motifs is 3. The van der Waals surface area contributed by atoms with Crippen molar-refractivity contribution in [2.75, 3.05) is 13.2 Å². The molecule has 0 radical (unpaired) electrons. The van der Waals surface area contributed by atoms with Gasteiger partial charge in [0, 0.05) is 49.0 Å². The van der Waals surface area contributed by atoms with Crippen molar-refractivity contribution in [2.24, 2.45) is 35.5 Å². The van der Waals surface area contributed by atoms with Crippen LogP contribution in [0.5, 0.6) is 11.5 Å². The molecule has 3 fully saturated rings. The van der Waals surface area contributed by atoms with Crippen LogP contribution in [-0.4, -0.2) is 117 Å². The minimum Gasteiger partial charge on any atom is -0.489 e. The van der Waals surface area contributed by atoms with Gasteiger partial charge in [-0.15, -0.1) is 0 Å². The molecular weight excluding hydrogens is 1100 g/mol. The molecule has 6 N–H and O–H groups in total. The van der Waals surface area contributed by atoms with E-state index in [9.17, 15) is 58.2 Å². The molecule has 9 rings (SSSR count). The van der Waals surface area contributed by atoms with Gasteiger partial charge in [0.2, 0.25) is 0 Å². The van der Waals surface area contributed by atoms with Crippen molar-refractivity contribution >= 4 is 29.5 Å². The second-order valence-corrected chi connectivity index (χ2v) is 22.7. The molecule has 3 aromatic rings. The van der Waals surface area contributed by atoms with E-state index in [0.29, 0.717) is 62.1 Å². The molecule has 3 heterocycles. The Kier molecular flexibility index (Phi) is 25.3. The number of aliphatic hydroxyl groups excluding tert-OH is 6. The van der Waals surface area contributed by atoms with Crippen molar-refractivity contribution in [1.29, 1.82) is 0 Å². The number of carbonyl (C=O) groups is 3. The average molecular weight is 1180 g/mol. The summed E-state index contributed by atoms with van der Waals surface area (Å²) in [6.07, 6.45) is 18.0. The Morgan fingerprint density at radius 1 is 0.506 bits per heavy atom. The van der Waals surface area contributed by atoms with Gasteiger partial charge in [0.1, 0.15) is 30.8 Å². The first-order chi connectivity index (χ1) is 39.9. The monoisotopic (exact) mass is 1180 g/mol. The fourth-order valence-corrected chi connectivity index (χ4v) is 12.0. The van der Waals surface area contributed by atoms with Crippen molar-refractivity contribution < 1.29 is 81.9 Å². The number of ether oxygens (including phenoxy) is 5. The second-order valence-electron chi connectivity index (χ2n) is 22.3. The second kappa shape index (κ2) is 32.5. The van der Waals surface area contributed by atoms with Crippen LogP contribution in [0.4, 0.5) is 13.2 Å². The molecule has 14 nitrogen and oxygen atoms in total. The summed E-state index contributed by atoms with van der Waals surface area (Å²) in [6, 6.07) is 21.7. The Balaban J connectivity index is 0.000000179. The lowest BCUT2D eigenvalue weighted by molar-refractivity contribution is -0.150. The summed E-state index contributed by atoms with van der Waals surface area (Å²) in [6.45, 7) is -0.0239. The number of hydrogen-bond donors (Lipinski definition) is 6. The van der Waals surface area contributed by atoms with E-state index < -0.39 is 66.5 Å². The van der Waals surface area contributed by atoms with E-state index in [1.165, 1.54) is 17.7 Å². The van der Waals surface area contributed by atoms with Crippen LogP contribution >= 0.6 is 11.6 Å². The fourth-order valence-electron chi connectivity index (χ4n) is 11.8. The number of cyclic esters (lactones) is 3. The van der Waals surface area contributed by atoms with Crippen molar-refractivity contribution in [2.45, 2.75) is 164 Å². The van der Waals surface area contributed by atoms with Crippen LogP contribution in [0.3, 0.4) is 0 Å². The van der Waals surface area contributed by atoms with Crippen LogP contribution in [0.15, 0.2) is 140 Å². The maximum atomic E-state index is 12.9. The van der Waals surface area contributed by atoms with Crippen molar-refractivity contribution in [3.63, 3.8) is 0 Å². The molecule has 18 heteroatoms. The topological polar surface area (TPSA) is 219 Å². The molecular formula is C65H80ClF3O14. The normalized spacial score (nSPS) is 33.4. The third-order valence-electron chi connectivity index (χ3n) is 16.3.